The first-order chi connectivity index (χ1) is 7.74. The fourth-order valence-electron chi connectivity index (χ4n) is 3.40. The highest BCUT2D eigenvalue weighted by Gasteiger charge is 2.41. The molecule has 16 heavy (non-hydrogen) atoms. The lowest BCUT2D eigenvalue weighted by molar-refractivity contribution is -0.0399. The lowest BCUT2D eigenvalue weighted by Gasteiger charge is -2.24. The maximum Gasteiger partial charge on any atom is 0.0687 e. The molecule has 1 saturated heterocycles. The first kappa shape index (κ1) is 12.4. The van der Waals surface area contributed by atoms with Gasteiger partial charge in [0.05, 0.1) is 11.7 Å². The van der Waals surface area contributed by atoms with Crippen molar-refractivity contribution in [2.24, 2.45) is 5.73 Å². The van der Waals surface area contributed by atoms with Gasteiger partial charge in [-0.25, -0.2) is 0 Å². The van der Waals surface area contributed by atoms with Crippen molar-refractivity contribution in [3.8, 4) is 0 Å². The first-order valence-corrected chi connectivity index (χ1v) is 7.17. The molecule has 1 spiro atoms. The third kappa shape index (κ3) is 2.98. The Hall–Kier alpha value is -0.0800. The van der Waals surface area contributed by atoms with Gasteiger partial charge in [0.15, 0.2) is 0 Å². The first-order valence-electron chi connectivity index (χ1n) is 7.17. The molecule has 0 amide bonds. The number of rotatable bonds is 5. The predicted molar refractivity (Wildman–Crippen MR) is 67.4 cm³/mol. The van der Waals surface area contributed by atoms with Crippen molar-refractivity contribution < 1.29 is 4.74 Å². The fourth-order valence-corrected chi connectivity index (χ4v) is 3.40. The van der Waals surface area contributed by atoms with Gasteiger partial charge < -0.3 is 10.5 Å². The summed E-state index contributed by atoms with van der Waals surface area (Å²) >= 11 is 0. The van der Waals surface area contributed by atoms with Crippen molar-refractivity contribution in [1.82, 2.24) is 0 Å². The van der Waals surface area contributed by atoms with Crippen molar-refractivity contribution in [3.63, 3.8) is 0 Å². The van der Waals surface area contributed by atoms with Crippen LogP contribution in [0.15, 0.2) is 0 Å². The third-order valence-electron chi connectivity index (χ3n) is 4.37. The van der Waals surface area contributed by atoms with Gasteiger partial charge in [0, 0.05) is 6.04 Å². The molecular formula is C14H27NO. The summed E-state index contributed by atoms with van der Waals surface area (Å²) < 4.78 is 6.28. The highest BCUT2D eigenvalue weighted by Crippen LogP contribution is 2.44. The van der Waals surface area contributed by atoms with Crippen LogP contribution < -0.4 is 5.73 Å². The molecule has 2 atom stereocenters. The molecule has 2 heteroatoms. The Morgan fingerprint density at radius 2 is 2.00 bits per heavy atom. The van der Waals surface area contributed by atoms with E-state index >= 15 is 0 Å². The van der Waals surface area contributed by atoms with E-state index in [1.807, 2.05) is 0 Å². The second kappa shape index (κ2) is 5.50. The van der Waals surface area contributed by atoms with E-state index < -0.39 is 0 Å². The van der Waals surface area contributed by atoms with Gasteiger partial charge in [-0.15, -0.1) is 0 Å². The molecular weight excluding hydrogens is 198 g/mol. The summed E-state index contributed by atoms with van der Waals surface area (Å²) in [6.45, 7) is 2.21. The van der Waals surface area contributed by atoms with Gasteiger partial charge in [-0.3, -0.25) is 0 Å². The van der Waals surface area contributed by atoms with Crippen LogP contribution in [0.25, 0.3) is 0 Å². The van der Waals surface area contributed by atoms with Crippen molar-refractivity contribution in [1.29, 1.82) is 0 Å². The Labute approximate surface area is 99.9 Å². The molecule has 1 saturated carbocycles. The molecule has 94 valence electrons. The molecule has 1 aliphatic carbocycles. The lowest BCUT2D eigenvalue weighted by Crippen LogP contribution is -2.26. The average molecular weight is 225 g/mol. The summed E-state index contributed by atoms with van der Waals surface area (Å²) in [6.07, 6.45) is 13.2. The second-order valence-corrected chi connectivity index (χ2v) is 5.79. The van der Waals surface area contributed by atoms with Crippen LogP contribution in [0.5, 0.6) is 0 Å². The maximum absolute atomic E-state index is 6.28. The van der Waals surface area contributed by atoms with Gasteiger partial charge in [0.1, 0.15) is 0 Å². The van der Waals surface area contributed by atoms with E-state index in [0.29, 0.717) is 17.7 Å². The van der Waals surface area contributed by atoms with Gasteiger partial charge in [-0.05, 0) is 44.9 Å². The van der Waals surface area contributed by atoms with Crippen molar-refractivity contribution in [2.45, 2.75) is 88.9 Å². The topological polar surface area (TPSA) is 35.2 Å². The Bertz CT molecular complexity index is 211. The van der Waals surface area contributed by atoms with Gasteiger partial charge in [0.2, 0.25) is 0 Å². The van der Waals surface area contributed by atoms with Gasteiger partial charge in [-0.2, -0.15) is 0 Å². The number of nitrogens with two attached hydrogens (primary N) is 1. The minimum Gasteiger partial charge on any atom is -0.372 e. The van der Waals surface area contributed by atoms with Gasteiger partial charge in [0.25, 0.3) is 0 Å². The highest BCUT2D eigenvalue weighted by atomic mass is 16.5. The van der Waals surface area contributed by atoms with Crippen LogP contribution in [0.1, 0.15) is 71.1 Å². The van der Waals surface area contributed by atoms with Crippen molar-refractivity contribution >= 4 is 0 Å². The molecule has 2 aliphatic rings. The summed E-state index contributed by atoms with van der Waals surface area (Å²) in [5, 5.41) is 0. The fraction of sp³-hybridized carbons (Fsp3) is 1.00. The van der Waals surface area contributed by atoms with E-state index in [1.165, 1.54) is 51.4 Å². The molecule has 0 aromatic rings. The van der Waals surface area contributed by atoms with Crippen LogP contribution >= 0.6 is 0 Å². The van der Waals surface area contributed by atoms with E-state index in [2.05, 4.69) is 6.92 Å². The van der Waals surface area contributed by atoms with Crippen molar-refractivity contribution in [2.75, 3.05) is 0 Å². The SMILES string of the molecule is CCCC(N)CCC1CCC2(CCCC2)O1. The van der Waals surface area contributed by atoms with E-state index in [4.69, 9.17) is 10.5 Å². The molecule has 2 nitrogen and oxygen atoms in total. The van der Waals surface area contributed by atoms with Crippen LogP contribution in [0.3, 0.4) is 0 Å². The van der Waals surface area contributed by atoms with Crippen LogP contribution in [-0.4, -0.2) is 17.7 Å². The van der Waals surface area contributed by atoms with Crippen LogP contribution in [0, 0.1) is 0 Å². The number of ether oxygens (including phenoxy) is 1. The Balaban J connectivity index is 1.68. The van der Waals surface area contributed by atoms with E-state index in [0.717, 1.165) is 12.8 Å². The summed E-state index contributed by atoms with van der Waals surface area (Å²) in [5.41, 5.74) is 6.36. The Morgan fingerprint density at radius 1 is 1.25 bits per heavy atom. The molecule has 0 aromatic carbocycles. The third-order valence-corrected chi connectivity index (χ3v) is 4.37. The molecule has 0 aromatic heterocycles. The van der Waals surface area contributed by atoms with E-state index in [1.54, 1.807) is 0 Å². The average Bonchev–Trinajstić information content (AvgIpc) is 2.88. The van der Waals surface area contributed by atoms with Crippen molar-refractivity contribution in [3.05, 3.63) is 0 Å². The van der Waals surface area contributed by atoms with E-state index in [9.17, 15) is 0 Å². The standard InChI is InChI=1S/C14H27NO/c1-2-5-12(15)6-7-13-8-11-14(16-13)9-3-4-10-14/h12-13H,2-11,15H2,1H3. The molecule has 2 unspecified atom stereocenters. The Kier molecular flexibility index (Phi) is 4.26. The molecule has 2 N–H and O–H groups in total. The second-order valence-electron chi connectivity index (χ2n) is 5.79. The quantitative estimate of drug-likeness (QED) is 0.778. The lowest BCUT2D eigenvalue weighted by atomic mass is 9.97. The minimum atomic E-state index is 0.305. The summed E-state index contributed by atoms with van der Waals surface area (Å²) in [4.78, 5) is 0. The molecule has 2 rings (SSSR count). The number of hydrogen-bond acceptors (Lipinski definition) is 2. The smallest absolute Gasteiger partial charge is 0.0687 e. The minimum absolute atomic E-state index is 0.305. The van der Waals surface area contributed by atoms with Crippen LogP contribution in [0.4, 0.5) is 0 Å². The van der Waals surface area contributed by atoms with Crippen LogP contribution in [0.2, 0.25) is 0 Å². The summed E-state index contributed by atoms with van der Waals surface area (Å²) in [6, 6.07) is 0.397. The molecule has 2 fully saturated rings. The summed E-state index contributed by atoms with van der Waals surface area (Å²) in [5.74, 6) is 0. The molecule has 1 aliphatic heterocycles. The highest BCUT2D eigenvalue weighted by molar-refractivity contribution is 4.92. The number of hydrogen-bond donors (Lipinski definition) is 1. The van der Waals surface area contributed by atoms with Gasteiger partial charge in [-0.1, -0.05) is 26.2 Å². The zero-order valence-electron chi connectivity index (χ0n) is 10.7. The normalized spacial score (nSPS) is 30.0. The summed E-state index contributed by atoms with van der Waals surface area (Å²) in [7, 11) is 0. The van der Waals surface area contributed by atoms with E-state index in [-0.39, 0.29) is 0 Å². The maximum atomic E-state index is 6.28. The largest absolute Gasteiger partial charge is 0.372 e. The predicted octanol–water partition coefficient (Wildman–Crippen LogP) is 3.39. The molecule has 0 radical (unpaired) electrons. The van der Waals surface area contributed by atoms with Gasteiger partial charge >= 0.3 is 0 Å². The zero-order chi connectivity index (χ0) is 11.4. The zero-order valence-corrected chi connectivity index (χ0v) is 10.7. The van der Waals surface area contributed by atoms with Crippen LogP contribution in [-0.2, 0) is 4.74 Å². The monoisotopic (exact) mass is 225 g/mol. The molecule has 1 heterocycles. The Morgan fingerprint density at radius 3 is 2.69 bits per heavy atom. The molecule has 0 bridgehead atoms.